The number of halogens is 2. The Morgan fingerprint density at radius 1 is 1.00 bits per heavy atom. The summed E-state index contributed by atoms with van der Waals surface area (Å²) in [5.41, 5.74) is 2.67. The minimum absolute atomic E-state index is 0. The zero-order valence-corrected chi connectivity index (χ0v) is 19.3. The van der Waals surface area contributed by atoms with Crippen molar-refractivity contribution in [3.8, 4) is 17.2 Å². The van der Waals surface area contributed by atoms with Crippen LogP contribution in [-0.4, -0.2) is 67.7 Å². The number of hydrogen-bond donors (Lipinski definition) is 2. The molecule has 0 saturated carbocycles. The highest BCUT2D eigenvalue weighted by molar-refractivity contribution is 5.85. The molecular weight excluding hydrogens is 427 g/mol. The molecule has 168 valence electrons. The number of para-hydroxylation sites is 2. The topological polar surface area (TPSA) is 65.4 Å². The molecule has 1 aliphatic rings. The number of benzene rings is 2. The van der Waals surface area contributed by atoms with Crippen molar-refractivity contribution in [2.45, 2.75) is 20.0 Å². The van der Waals surface area contributed by atoms with Gasteiger partial charge in [-0.15, -0.1) is 24.8 Å². The second-order valence-electron chi connectivity index (χ2n) is 7.33. The van der Waals surface area contributed by atoms with Crippen LogP contribution in [-0.2, 0) is 0 Å². The highest BCUT2D eigenvalue weighted by atomic mass is 35.5. The van der Waals surface area contributed by atoms with Crippen molar-refractivity contribution < 1.29 is 19.7 Å². The van der Waals surface area contributed by atoms with Gasteiger partial charge in [0.05, 0.1) is 12.8 Å². The maximum atomic E-state index is 10.4. The molecule has 1 fully saturated rings. The van der Waals surface area contributed by atoms with E-state index in [0.717, 1.165) is 48.7 Å². The summed E-state index contributed by atoms with van der Waals surface area (Å²) in [7, 11) is 1.70. The van der Waals surface area contributed by atoms with Gasteiger partial charge in [-0.3, -0.25) is 4.90 Å². The number of β-amino-alcohol motifs (C(OH)–C–C–N with tert-alkyl or cyclic N) is 1. The molecule has 1 saturated heterocycles. The Bertz CT molecular complexity index is 775. The van der Waals surface area contributed by atoms with Gasteiger partial charge in [0.1, 0.15) is 30.0 Å². The van der Waals surface area contributed by atoms with E-state index in [1.54, 1.807) is 19.2 Å². The number of aliphatic hydroxyl groups excluding tert-OH is 1. The molecule has 2 aromatic carbocycles. The molecular formula is C22H32Cl2N2O4. The number of aromatic hydroxyl groups is 1. The highest BCUT2D eigenvalue weighted by Crippen LogP contribution is 2.29. The lowest BCUT2D eigenvalue weighted by Gasteiger charge is -2.37. The SMILES string of the molecule is COc1ccccc1N1CCN(CC(O)COc2cc(C)c(O)c(C)c2)CC1.Cl.Cl. The molecule has 8 heteroatoms. The number of anilines is 1. The van der Waals surface area contributed by atoms with Crippen LogP contribution in [0.15, 0.2) is 36.4 Å². The fourth-order valence-electron chi connectivity index (χ4n) is 3.61. The smallest absolute Gasteiger partial charge is 0.142 e. The number of nitrogens with zero attached hydrogens (tertiary/aromatic N) is 2. The van der Waals surface area contributed by atoms with E-state index in [0.29, 0.717) is 18.0 Å². The fourth-order valence-corrected chi connectivity index (χ4v) is 3.61. The molecule has 0 aliphatic carbocycles. The molecule has 0 bridgehead atoms. The molecule has 0 amide bonds. The van der Waals surface area contributed by atoms with E-state index in [2.05, 4.69) is 15.9 Å². The fraction of sp³-hybridized carbons (Fsp3) is 0.455. The van der Waals surface area contributed by atoms with Gasteiger partial charge >= 0.3 is 0 Å². The van der Waals surface area contributed by atoms with Crippen molar-refractivity contribution in [3.05, 3.63) is 47.5 Å². The van der Waals surface area contributed by atoms with Gasteiger partial charge in [-0.05, 0) is 49.2 Å². The number of phenols is 1. The van der Waals surface area contributed by atoms with Gasteiger partial charge in [-0.2, -0.15) is 0 Å². The summed E-state index contributed by atoms with van der Waals surface area (Å²) in [6.45, 7) is 8.04. The zero-order valence-electron chi connectivity index (χ0n) is 17.7. The Balaban J connectivity index is 0.00000225. The largest absolute Gasteiger partial charge is 0.507 e. The number of aliphatic hydroxyl groups is 1. The first-order chi connectivity index (χ1) is 13.5. The minimum Gasteiger partial charge on any atom is -0.507 e. The Morgan fingerprint density at radius 2 is 1.60 bits per heavy atom. The summed E-state index contributed by atoms with van der Waals surface area (Å²) in [6, 6.07) is 11.7. The van der Waals surface area contributed by atoms with Gasteiger partial charge in [0.15, 0.2) is 0 Å². The number of aryl methyl sites for hydroxylation is 2. The molecule has 0 aromatic heterocycles. The highest BCUT2D eigenvalue weighted by Gasteiger charge is 2.21. The molecule has 3 rings (SSSR count). The number of piperazine rings is 1. The molecule has 0 spiro atoms. The van der Waals surface area contributed by atoms with Crippen molar-refractivity contribution in [3.63, 3.8) is 0 Å². The monoisotopic (exact) mass is 458 g/mol. The van der Waals surface area contributed by atoms with E-state index >= 15 is 0 Å². The number of phenolic OH excluding ortho intramolecular Hbond substituents is 1. The van der Waals surface area contributed by atoms with E-state index in [1.807, 2.05) is 32.0 Å². The van der Waals surface area contributed by atoms with Crippen molar-refractivity contribution in [1.82, 2.24) is 4.90 Å². The van der Waals surface area contributed by atoms with Crippen molar-refractivity contribution in [1.29, 1.82) is 0 Å². The van der Waals surface area contributed by atoms with E-state index < -0.39 is 6.10 Å². The quantitative estimate of drug-likeness (QED) is 0.662. The van der Waals surface area contributed by atoms with Gasteiger partial charge in [0.25, 0.3) is 0 Å². The number of ether oxygens (including phenoxy) is 2. The van der Waals surface area contributed by atoms with E-state index in [4.69, 9.17) is 9.47 Å². The van der Waals surface area contributed by atoms with Crippen molar-refractivity contribution in [2.24, 2.45) is 0 Å². The Kier molecular flexibility index (Phi) is 10.6. The van der Waals surface area contributed by atoms with Gasteiger partial charge in [-0.25, -0.2) is 0 Å². The third-order valence-corrected chi connectivity index (χ3v) is 5.17. The average Bonchev–Trinajstić information content (AvgIpc) is 2.71. The lowest BCUT2D eigenvalue weighted by molar-refractivity contribution is 0.0662. The third kappa shape index (κ3) is 6.57. The van der Waals surface area contributed by atoms with E-state index in [1.165, 1.54) is 0 Å². The third-order valence-electron chi connectivity index (χ3n) is 5.17. The molecule has 2 N–H and O–H groups in total. The van der Waals surface area contributed by atoms with Crippen LogP contribution in [0.25, 0.3) is 0 Å². The Labute approximate surface area is 191 Å². The second kappa shape index (κ2) is 12.1. The lowest BCUT2D eigenvalue weighted by atomic mass is 10.1. The van der Waals surface area contributed by atoms with Gasteiger partial charge in [-0.1, -0.05) is 12.1 Å². The summed E-state index contributed by atoms with van der Waals surface area (Å²) in [5, 5.41) is 20.2. The Hall–Kier alpha value is -1.86. The van der Waals surface area contributed by atoms with Crippen molar-refractivity contribution in [2.75, 3.05) is 51.3 Å². The van der Waals surface area contributed by atoms with Gasteiger partial charge in [0.2, 0.25) is 0 Å². The molecule has 30 heavy (non-hydrogen) atoms. The summed E-state index contributed by atoms with van der Waals surface area (Å²) >= 11 is 0. The van der Waals surface area contributed by atoms with Gasteiger partial charge in [0, 0.05) is 32.7 Å². The van der Waals surface area contributed by atoms with Crippen LogP contribution in [0.1, 0.15) is 11.1 Å². The maximum absolute atomic E-state index is 10.4. The van der Waals surface area contributed by atoms with Crippen LogP contribution in [0.5, 0.6) is 17.2 Å². The molecule has 6 nitrogen and oxygen atoms in total. The molecule has 1 aliphatic heterocycles. The number of hydrogen-bond acceptors (Lipinski definition) is 6. The standard InChI is InChI=1S/C22H30N2O4.2ClH/c1-16-12-19(13-17(2)22(16)26)28-15-18(25)14-23-8-10-24(11-9-23)20-6-4-5-7-21(20)27-3;;/h4-7,12-13,18,25-26H,8-11,14-15H2,1-3H3;2*1H. The average molecular weight is 459 g/mol. The molecule has 1 atom stereocenters. The number of rotatable bonds is 7. The first kappa shape index (κ1) is 26.2. The van der Waals surface area contributed by atoms with Crippen LogP contribution < -0.4 is 14.4 Å². The summed E-state index contributed by atoms with van der Waals surface area (Å²) in [6.07, 6.45) is -0.563. The summed E-state index contributed by atoms with van der Waals surface area (Å²) in [4.78, 5) is 4.58. The maximum Gasteiger partial charge on any atom is 0.142 e. The Morgan fingerprint density at radius 3 is 2.20 bits per heavy atom. The summed E-state index contributed by atoms with van der Waals surface area (Å²) < 4.78 is 11.2. The molecule has 0 radical (unpaired) electrons. The second-order valence-corrected chi connectivity index (χ2v) is 7.33. The lowest BCUT2D eigenvalue weighted by Crippen LogP contribution is -2.49. The normalized spacial score (nSPS) is 15.0. The molecule has 1 heterocycles. The number of methoxy groups -OCH3 is 1. The van der Waals surface area contributed by atoms with Gasteiger partial charge < -0.3 is 24.6 Å². The first-order valence-corrected chi connectivity index (χ1v) is 9.69. The first-order valence-electron chi connectivity index (χ1n) is 9.69. The predicted molar refractivity (Wildman–Crippen MR) is 125 cm³/mol. The zero-order chi connectivity index (χ0) is 20.1. The van der Waals surface area contributed by atoms with Crippen LogP contribution in [0.2, 0.25) is 0 Å². The van der Waals surface area contributed by atoms with Crippen molar-refractivity contribution >= 4 is 30.5 Å². The minimum atomic E-state index is -0.563. The van der Waals surface area contributed by atoms with E-state index in [-0.39, 0.29) is 31.4 Å². The van der Waals surface area contributed by atoms with E-state index in [9.17, 15) is 10.2 Å². The summed E-state index contributed by atoms with van der Waals surface area (Å²) in [5.74, 6) is 1.86. The van der Waals surface area contributed by atoms with Crippen LogP contribution in [0, 0.1) is 13.8 Å². The molecule has 1 unspecified atom stereocenters. The van der Waals surface area contributed by atoms with Crippen LogP contribution >= 0.6 is 24.8 Å². The predicted octanol–water partition coefficient (Wildman–Crippen LogP) is 3.42. The van der Waals surface area contributed by atoms with Crippen LogP contribution in [0.3, 0.4) is 0 Å². The molecule has 2 aromatic rings. The van der Waals surface area contributed by atoms with Crippen LogP contribution in [0.4, 0.5) is 5.69 Å².